The zero-order chi connectivity index (χ0) is 25.0. The third-order valence-electron chi connectivity index (χ3n) is 7.58. The first-order valence-electron chi connectivity index (χ1n) is 12.7. The second-order valence-corrected chi connectivity index (χ2v) is 10.2. The Hall–Kier alpha value is -3.35. The van der Waals surface area contributed by atoms with Crippen LogP contribution in [-0.4, -0.2) is 31.3 Å². The molecular weight excluding hydrogens is 452 g/mol. The number of para-hydroxylation sites is 1. The molecule has 1 heterocycles. The van der Waals surface area contributed by atoms with Gasteiger partial charge in [0.05, 0.1) is 12.6 Å². The van der Waals surface area contributed by atoms with E-state index in [0.717, 1.165) is 40.9 Å². The van der Waals surface area contributed by atoms with E-state index in [1.54, 1.807) is 0 Å². The highest BCUT2D eigenvalue weighted by Gasteiger charge is 2.44. The molecule has 3 aromatic carbocycles. The summed E-state index contributed by atoms with van der Waals surface area (Å²) in [6.45, 7) is 3.15. The van der Waals surface area contributed by atoms with Crippen molar-refractivity contribution < 1.29 is 19.4 Å². The number of benzene rings is 3. The van der Waals surface area contributed by atoms with Gasteiger partial charge in [0.15, 0.2) is 0 Å². The zero-order valence-electron chi connectivity index (χ0n) is 20.6. The molecule has 1 saturated heterocycles. The van der Waals surface area contributed by atoms with Crippen molar-refractivity contribution in [1.29, 1.82) is 0 Å². The fraction of sp³-hybridized carbons (Fsp3) is 0.367. The molecule has 1 aliphatic heterocycles. The summed E-state index contributed by atoms with van der Waals surface area (Å²) < 4.78 is 11.2. The van der Waals surface area contributed by atoms with Gasteiger partial charge >= 0.3 is 0 Å². The first-order chi connectivity index (χ1) is 17.6. The van der Waals surface area contributed by atoms with Gasteiger partial charge in [0.2, 0.25) is 0 Å². The van der Waals surface area contributed by atoms with E-state index in [0.29, 0.717) is 24.2 Å². The molecule has 36 heavy (non-hydrogen) atoms. The maximum Gasteiger partial charge on any atom is 0.293 e. The lowest BCUT2D eigenvalue weighted by Crippen LogP contribution is -2.55. The molecule has 0 unspecified atom stereocenters. The number of carbonyl (C=O) groups is 1. The maximum absolute atomic E-state index is 10.7. The Kier molecular flexibility index (Phi) is 7.25. The summed E-state index contributed by atoms with van der Waals surface area (Å²) in [4.78, 5) is 13.1. The number of hydrogen-bond acceptors (Lipinski definition) is 6. The third-order valence-corrected chi connectivity index (χ3v) is 7.58. The van der Waals surface area contributed by atoms with Gasteiger partial charge in [-0.05, 0) is 65.4 Å². The van der Waals surface area contributed by atoms with E-state index in [4.69, 9.17) is 15.2 Å². The van der Waals surface area contributed by atoms with E-state index in [-0.39, 0.29) is 13.2 Å². The second-order valence-electron chi connectivity index (χ2n) is 10.2. The second kappa shape index (κ2) is 10.7. The fourth-order valence-corrected chi connectivity index (χ4v) is 5.60. The van der Waals surface area contributed by atoms with Crippen molar-refractivity contribution in [3.05, 3.63) is 83.4 Å². The molecule has 2 fully saturated rings. The van der Waals surface area contributed by atoms with Gasteiger partial charge in [0.1, 0.15) is 19.0 Å². The Morgan fingerprint density at radius 1 is 0.972 bits per heavy atom. The number of rotatable bonds is 10. The van der Waals surface area contributed by atoms with Gasteiger partial charge in [-0.3, -0.25) is 4.79 Å². The van der Waals surface area contributed by atoms with Gasteiger partial charge in [-0.15, -0.1) is 0 Å². The molecule has 1 atom stereocenters. The quantitative estimate of drug-likeness (QED) is 0.393. The molecule has 1 saturated carbocycles. The number of ether oxygens (including phenoxy) is 2. The highest BCUT2D eigenvalue weighted by atomic mass is 16.5. The zero-order valence-corrected chi connectivity index (χ0v) is 20.6. The lowest BCUT2D eigenvalue weighted by atomic mass is 9.78. The average Bonchev–Trinajstić information content (AvgIpc) is 3.40. The number of carbonyl (C=O) groups excluding carboxylic acids is 1. The number of anilines is 1. The van der Waals surface area contributed by atoms with Gasteiger partial charge in [-0.1, -0.05) is 49.2 Å². The highest BCUT2D eigenvalue weighted by Crippen LogP contribution is 2.47. The summed E-state index contributed by atoms with van der Waals surface area (Å²) in [5.41, 5.74) is 12.8. The minimum Gasteiger partial charge on any atom is -0.488 e. The number of hydrogen-bond donors (Lipinski definition) is 2. The average molecular weight is 487 g/mol. The molecule has 2 aliphatic rings. The minimum atomic E-state index is -0.404. The maximum atomic E-state index is 10.7. The number of nitrogens with zero attached hydrogens (tertiary/aromatic N) is 1. The van der Waals surface area contributed by atoms with E-state index in [9.17, 15) is 9.90 Å². The number of nitrogens with two attached hydrogens (primary N) is 1. The molecule has 3 aromatic rings. The summed E-state index contributed by atoms with van der Waals surface area (Å²) in [5, 5.41) is 9.53. The summed E-state index contributed by atoms with van der Waals surface area (Å²) in [5.74, 6) is 0.705. The van der Waals surface area contributed by atoms with E-state index >= 15 is 0 Å². The van der Waals surface area contributed by atoms with Crippen LogP contribution in [0.3, 0.4) is 0 Å². The lowest BCUT2D eigenvalue weighted by Gasteiger charge is -2.50. The van der Waals surface area contributed by atoms with Gasteiger partial charge in [0.25, 0.3) is 6.47 Å². The molecule has 6 heteroatoms. The summed E-state index contributed by atoms with van der Waals surface area (Å²) in [6.07, 6.45) is 5.36. The first-order valence-corrected chi connectivity index (χ1v) is 12.7. The van der Waals surface area contributed by atoms with E-state index in [1.807, 2.05) is 36.4 Å². The van der Waals surface area contributed by atoms with E-state index < -0.39 is 6.04 Å². The van der Waals surface area contributed by atoms with Crippen molar-refractivity contribution in [3.63, 3.8) is 0 Å². The molecule has 0 bridgehead atoms. The largest absolute Gasteiger partial charge is 0.488 e. The van der Waals surface area contributed by atoms with Crippen molar-refractivity contribution in [2.45, 2.75) is 44.9 Å². The van der Waals surface area contributed by atoms with Crippen LogP contribution in [0.5, 0.6) is 5.75 Å². The van der Waals surface area contributed by atoms with Crippen LogP contribution in [0.1, 0.15) is 48.4 Å². The van der Waals surface area contributed by atoms with Crippen LogP contribution in [-0.2, 0) is 22.7 Å². The van der Waals surface area contributed by atoms with Crippen molar-refractivity contribution in [1.82, 2.24) is 0 Å². The van der Waals surface area contributed by atoms with Gasteiger partial charge in [-0.25, -0.2) is 0 Å². The fourth-order valence-electron chi connectivity index (χ4n) is 5.60. The summed E-state index contributed by atoms with van der Waals surface area (Å²) >= 11 is 0. The Balaban J connectivity index is 1.42. The van der Waals surface area contributed by atoms with Crippen molar-refractivity contribution >= 4 is 12.2 Å². The SMILES string of the molecule is N[C@@H](CO)c1cccc(-c2cc(COc3ccccc3COC=O)cc(N3CC4(CCCC4)C3)c2)c1. The van der Waals surface area contributed by atoms with Gasteiger partial charge in [0, 0.05) is 29.8 Å². The highest BCUT2D eigenvalue weighted by molar-refractivity contribution is 5.71. The predicted molar refractivity (Wildman–Crippen MR) is 141 cm³/mol. The van der Waals surface area contributed by atoms with Crippen molar-refractivity contribution in [3.8, 4) is 16.9 Å². The Bertz CT molecular complexity index is 1200. The molecule has 6 nitrogen and oxygen atoms in total. The molecule has 0 aromatic heterocycles. The van der Waals surface area contributed by atoms with Crippen molar-refractivity contribution in [2.24, 2.45) is 11.1 Å². The van der Waals surface area contributed by atoms with Crippen LogP contribution in [0.25, 0.3) is 11.1 Å². The standard InChI is InChI=1S/C30H34N2O4/c31-28(16-33)24-8-5-7-23(14-24)26-12-22(17-36-29-9-2-1-6-25(29)18-35-21-34)13-27(15-26)32-19-30(20-32)10-3-4-11-30/h1-2,5-9,12-15,21,28,33H,3-4,10-11,16-20,31H2/t28-/m0/s1. The minimum absolute atomic E-state index is 0.0916. The van der Waals surface area contributed by atoms with Crippen LogP contribution in [0.4, 0.5) is 5.69 Å². The first kappa shape index (κ1) is 24.3. The topological polar surface area (TPSA) is 85.0 Å². The number of aliphatic hydroxyl groups excluding tert-OH is 1. The van der Waals surface area contributed by atoms with Crippen LogP contribution in [0.15, 0.2) is 66.7 Å². The van der Waals surface area contributed by atoms with Crippen molar-refractivity contribution in [2.75, 3.05) is 24.6 Å². The predicted octanol–water partition coefficient (Wildman–Crippen LogP) is 4.98. The molecule has 188 valence electrons. The Labute approximate surface area is 212 Å². The Morgan fingerprint density at radius 3 is 2.56 bits per heavy atom. The van der Waals surface area contributed by atoms with Crippen LogP contribution in [0, 0.1) is 5.41 Å². The molecular formula is C30H34N2O4. The molecule has 1 aliphatic carbocycles. The lowest BCUT2D eigenvalue weighted by molar-refractivity contribution is -0.129. The molecule has 0 amide bonds. The van der Waals surface area contributed by atoms with Crippen LogP contribution >= 0.6 is 0 Å². The van der Waals surface area contributed by atoms with E-state index in [1.165, 1.54) is 31.4 Å². The van der Waals surface area contributed by atoms with Gasteiger partial charge in [-0.2, -0.15) is 0 Å². The Morgan fingerprint density at radius 2 is 1.78 bits per heavy atom. The monoisotopic (exact) mass is 486 g/mol. The van der Waals surface area contributed by atoms with Gasteiger partial charge < -0.3 is 25.2 Å². The molecule has 5 rings (SSSR count). The third kappa shape index (κ3) is 5.25. The molecule has 0 radical (unpaired) electrons. The molecule has 1 spiro atoms. The van der Waals surface area contributed by atoms with E-state index in [2.05, 4.69) is 35.2 Å². The summed E-state index contributed by atoms with van der Waals surface area (Å²) in [6, 6.07) is 21.9. The smallest absolute Gasteiger partial charge is 0.293 e. The molecule has 3 N–H and O–H groups in total. The van der Waals surface area contributed by atoms with Crippen LogP contribution in [0.2, 0.25) is 0 Å². The normalized spacial score (nSPS) is 17.0. The summed E-state index contributed by atoms with van der Waals surface area (Å²) in [7, 11) is 0. The van der Waals surface area contributed by atoms with Crippen LogP contribution < -0.4 is 15.4 Å². The number of aliphatic hydroxyl groups is 1.